The Morgan fingerprint density at radius 2 is 2.00 bits per heavy atom. The normalized spacial score (nSPS) is 18.2. The van der Waals surface area contributed by atoms with Crippen molar-refractivity contribution in [2.45, 2.75) is 25.8 Å². The first-order valence-electron chi connectivity index (χ1n) is 8.07. The molecule has 0 radical (unpaired) electrons. The van der Waals surface area contributed by atoms with Gasteiger partial charge in [-0.05, 0) is 61.7 Å². The molecule has 1 amide bonds. The third kappa shape index (κ3) is 2.37. The number of benzene rings is 2. The summed E-state index contributed by atoms with van der Waals surface area (Å²) >= 11 is 0. The lowest BCUT2D eigenvalue weighted by Gasteiger charge is -2.35. The lowest BCUT2D eigenvalue weighted by atomic mass is 9.95. The molecule has 0 aromatic heterocycles. The average molecular weight is 325 g/mol. The first kappa shape index (κ1) is 14.9. The van der Waals surface area contributed by atoms with Crippen molar-refractivity contribution >= 4 is 11.6 Å². The highest BCUT2D eigenvalue weighted by molar-refractivity contribution is 6.07. The van der Waals surface area contributed by atoms with Gasteiger partial charge in [0.25, 0.3) is 5.91 Å². The number of hydrogen-bond donors (Lipinski definition) is 0. The molecule has 2 aromatic carbocycles. The van der Waals surface area contributed by atoms with Crippen LogP contribution in [0.15, 0.2) is 36.4 Å². The number of amides is 1. The third-order valence-electron chi connectivity index (χ3n) is 4.66. The first-order valence-corrected chi connectivity index (χ1v) is 8.07. The van der Waals surface area contributed by atoms with Gasteiger partial charge in [-0.2, -0.15) is 0 Å². The molecule has 4 rings (SSSR count). The number of methoxy groups -OCH3 is 1. The van der Waals surface area contributed by atoms with E-state index in [1.54, 1.807) is 25.3 Å². The highest BCUT2D eigenvalue weighted by Crippen LogP contribution is 2.37. The van der Waals surface area contributed by atoms with Gasteiger partial charge in [-0.25, -0.2) is 0 Å². The number of hydrogen-bond acceptors (Lipinski definition) is 4. The highest BCUT2D eigenvalue weighted by Gasteiger charge is 2.30. The van der Waals surface area contributed by atoms with Crippen LogP contribution in [0, 0.1) is 0 Å². The zero-order valence-electron chi connectivity index (χ0n) is 13.7. The molecule has 2 aromatic rings. The summed E-state index contributed by atoms with van der Waals surface area (Å²) in [7, 11) is 1.66. The summed E-state index contributed by atoms with van der Waals surface area (Å²) < 4.78 is 16.0. The number of anilines is 1. The highest BCUT2D eigenvalue weighted by atomic mass is 16.7. The number of carbonyl (C=O) groups excluding carboxylic acids is 1. The van der Waals surface area contributed by atoms with E-state index in [0.717, 1.165) is 29.8 Å². The summed E-state index contributed by atoms with van der Waals surface area (Å²) in [6.07, 6.45) is 1.87. The van der Waals surface area contributed by atoms with Gasteiger partial charge in [0, 0.05) is 17.3 Å². The number of fused-ring (bicyclic) bond motifs is 2. The van der Waals surface area contributed by atoms with Crippen molar-refractivity contribution in [1.82, 2.24) is 0 Å². The molecule has 0 saturated heterocycles. The molecule has 0 spiro atoms. The van der Waals surface area contributed by atoms with Crippen molar-refractivity contribution in [2.75, 3.05) is 18.8 Å². The maximum atomic E-state index is 13.1. The van der Waals surface area contributed by atoms with Crippen molar-refractivity contribution in [1.29, 1.82) is 0 Å². The Balaban J connectivity index is 1.72. The summed E-state index contributed by atoms with van der Waals surface area (Å²) in [4.78, 5) is 15.0. The van der Waals surface area contributed by atoms with Crippen molar-refractivity contribution < 1.29 is 19.0 Å². The molecule has 2 aliphatic heterocycles. The molecule has 24 heavy (non-hydrogen) atoms. The minimum atomic E-state index is -0.0214. The van der Waals surface area contributed by atoms with Crippen molar-refractivity contribution in [3.05, 3.63) is 47.5 Å². The topological polar surface area (TPSA) is 48.0 Å². The second kappa shape index (κ2) is 5.74. The predicted molar refractivity (Wildman–Crippen MR) is 90.2 cm³/mol. The van der Waals surface area contributed by atoms with E-state index in [-0.39, 0.29) is 18.7 Å². The standard InChI is InChI=1S/C19H19NO4/c1-12-3-4-13-9-15(22-2)6-7-16(13)20(12)19(21)14-5-8-17-18(10-14)24-11-23-17/h5-10,12H,3-4,11H2,1-2H3. The van der Waals surface area contributed by atoms with Crippen LogP contribution in [0.2, 0.25) is 0 Å². The van der Waals surface area contributed by atoms with E-state index in [0.29, 0.717) is 17.1 Å². The van der Waals surface area contributed by atoms with Gasteiger partial charge >= 0.3 is 0 Å². The Bertz CT molecular complexity index is 802. The van der Waals surface area contributed by atoms with E-state index in [9.17, 15) is 4.79 Å². The van der Waals surface area contributed by atoms with E-state index in [2.05, 4.69) is 6.92 Å². The molecule has 2 heterocycles. The molecule has 5 heteroatoms. The van der Waals surface area contributed by atoms with Crippen LogP contribution in [0.4, 0.5) is 5.69 Å². The van der Waals surface area contributed by atoms with Gasteiger partial charge in [0.2, 0.25) is 6.79 Å². The van der Waals surface area contributed by atoms with E-state index < -0.39 is 0 Å². The van der Waals surface area contributed by atoms with E-state index in [4.69, 9.17) is 14.2 Å². The Kier molecular flexibility index (Phi) is 3.56. The van der Waals surface area contributed by atoms with Crippen LogP contribution in [-0.4, -0.2) is 25.9 Å². The van der Waals surface area contributed by atoms with E-state index >= 15 is 0 Å². The number of rotatable bonds is 2. The van der Waals surface area contributed by atoms with Crippen LogP contribution < -0.4 is 19.1 Å². The minimum Gasteiger partial charge on any atom is -0.497 e. The third-order valence-corrected chi connectivity index (χ3v) is 4.66. The summed E-state index contributed by atoms with van der Waals surface area (Å²) in [6.45, 7) is 2.29. The molecule has 5 nitrogen and oxygen atoms in total. The Morgan fingerprint density at radius 1 is 1.17 bits per heavy atom. The summed E-state index contributed by atoms with van der Waals surface area (Å²) in [5.41, 5.74) is 2.70. The van der Waals surface area contributed by atoms with Crippen molar-refractivity contribution in [3.8, 4) is 17.2 Å². The zero-order chi connectivity index (χ0) is 16.7. The van der Waals surface area contributed by atoms with Gasteiger partial charge in [-0.1, -0.05) is 0 Å². The number of nitrogens with zero attached hydrogens (tertiary/aromatic N) is 1. The molecule has 1 atom stereocenters. The Hall–Kier alpha value is -2.69. The van der Waals surface area contributed by atoms with Gasteiger partial charge in [-0.15, -0.1) is 0 Å². The van der Waals surface area contributed by atoms with Gasteiger partial charge in [-0.3, -0.25) is 4.79 Å². The van der Waals surface area contributed by atoms with Crippen LogP contribution in [0.1, 0.15) is 29.3 Å². The van der Waals surface area contributed by atoms with Gasteiger partial charge < -0.3 is 19.1 Å². The molecule has 0 aliphatic carbocycles. The zero-order valence-corrected chi connectivity index (χ0v) is 13.7. The fourth-order valence-electron chi connectivity index (χ4n) is 3.33. The number of ether oxygens (including phenoxy) is 3. The average Bonchev–Trinajstić information content (AvgIpc) is 3.08. The second-order valence-electron chi connectivity index (χ2n) is 6.13. The molecular weight excluding hydrogens is 306 g/mol. The van der Waals surface area contributed by atoms with Gasteiger partial charge in [0.1, 0.15) is 5.75 Å². The monoisotopic (exact) mass is 325 g/mol. The fourth-order valence-corrected chi connectivity index (χ4v) is 3.33. The van der Waals surface area contributed by atoms with Crippen LogP contribution in [0.3, 0.4) is 0 Å². The summed E-state index contributed by atoms with van der Waals surface area (Å²) in [6, 6.07) is 11.4. The largest absolute Gasteiger partial charge is 0.497 e. The molecule has 0 bridgehead atoms. The maximum absolute atomic E-state index is 13.1. The smallest absolute Gasteiger partial charge is 0.258 e. The maximum Gasteiger partial charge on any atom is 0.258 e. The minimum absolute atomic E-state index is 0.0214. The van der Waals surface area contributed by atoms with Gasteiger partial charge in [0.05, 0.1) is 7.11 Å². The molecule has 1 unspecified atom stereocenters. The predicted octanol–water partition coefficient (Wildman–Crippen LogP) is 3.41. The quantitative estimate of drug-likeness (QED) is 0.849. The van der Waals surface area contributed by atoms with E-state index in [1.165, 1.54) is 0 Å². The number of aryl methyl sites for hydroxylation is 1. The SMILES string of the molecule is COc1ccc2c(c1)CCC(C)N2C(=O)c1ccc2c(c1)OCO2. The molecule has 0 N–H and O–H groups in total. The Morgan fingerprint density at radius 3 is 2.83 bits per heavy atom. The van der Waals surface area contributed by atoms with Crippen LogP contribution in [-0.2, 0) is 6.42 Å². The Labute approximate surface area is 140 Å². The number of carbonyl (C=O) groups is 1. The fraction of sp³-hybridized carbons (Fsp3) is 0.316. The first-order chi connectivity index (χ1) is 11.7. The van der Waals surface area contributed by atoms with Crippen LogP contribution >= 0.6 is 0 Å². The van der Waals surface area contributed by atoms with Crippen molar-refractivity contribution in [3.63, 3.8) is 0 Å². The molecule has 0 saturated carbocycles. The molecule has 124 valence electrons. The lowest BCUT2D eigenvalue weighted by molar-refractivity contribution is 0.0974. The van der Waals surface area contributed by atoms with Crippen LogP contribution in [0.5, 0.6) is 17.2 Å². The van der Waals surface area contributed by atoms with Crippen molar-refractivity contribution in [2.24, 2.45) is 0 Å². The lowest BCUT2D eigenvalue weighted by Crippen LogP contribution is -2.42. The molecular formula is C19H19NO4. The van der Waals surface area contributed by atoms with Crippen LogP contribution in [0.25, 0.3) is 0 Å². The molecule has 2 aliphatic rings. The second-order valence-corrected chi connectivity index (χ2v) is 6.13. The van der Waals surface area contributed by atoms with E-state index in [1.807, 2.05) is 23.1 Å². The van der Waals surface area contributed by atoms with Gasteiger partial charge in [0.15, 0.2) is 11.5 Å². The molecule has 0 fully saturated rings. The summed E-state index contributed by atoms with van der Waals surface area (Å²) in [5.74, 6) is 2.11. The summed E-state index contributed by atoms with van der Waals surface area (Å²) in [5, 5.41) is 0.